The molecule has 0 fully saturated rings. The number of hydrogen-bond donors (Lipinski definition) is 1. The summed E-state index contributed by atoms with van der Waals surface area (Å²) in [5, 5.41) is 8.76. The van der Waals surface area contributed by atoms with Crippen LogP contribution in [0, 0.1) is 0 Å². The monoisotopic (exact) mass is 184 g/mol. The Morgan fingerprint density at radius 2 is 2.50 bits per heavy atom. The van der Waals surface area contributed by atoms with Crippen molar-refractivity contribution >= 4 is 17.7 Å². The first-order valence-electron chi connectivity index (χ1n) is 3.69. The van der Waals surface area contributed by atoms with Crippen molar-refractivity contribution in [3.8, 4) is 0 Å². The van der Waals surface area contributed by atoms with E-state index in [1.165, 1.54) is 6.26 Å². The molecule has 2 heterocycles. The maximum Gasteiger partial charge on any atom is 0.339 e. The quantitative estimate of drug-likeness (QED) is 0.722. The lowest BCUT2D eigenvalue weighted by atomic mass is 10.1. The van der Waals surface area contributed by atoms with E-state index in [1.807, 2.05) is 0 Å². The molecule has 1 aliphatic rings. The Kier molecular flexibility index (Phi) is 1.84. The highest BCUT2D eigenvalue weighted by Crippen LogP contribution is 2.28. The van der Waals surface area contributed by atoms with Crippen LogP contribution in [0.3, 0.4) is 0 Å². The third kappa shape index (κ3) is 1.12. The molecule has 0 aliphatic carbocycles. The number of rotatable bonds is 1. The molecular weight excluding hydrogens is 176 g/mol. The number of thioether (sulfide) groups is 1. The molecule has 0 saturated carbocycles. The van der Waals surface area contributed by atoms with Crippen LogP contribution in [0.2, 0.25) is 0 Å². The first-order valence-corrected chi connectivity index (χ1v) is 4.85. The van der Waals surface area contributed by atoms with Crippen LogP contribution < -0.4 is 0 Å². The van der Waals surface area contributed by atoms with Gasteiger partial charge in [-0.3, -0.25) is 0 Å². The van der Waals surface area contributed by atoms with Crippen LogP contribution in [0.15, 0.2) is 10.7 Å². The Morgan fingerprint density at radius 1 is 1.67 bits per heavy atom. The average molecular weight is 184 g/mol. The molecule has 0 radical (unpaired) electrons. The van der Waals surface area contributed by atoms with Gasteiger partial charge < -0.3 is 9.52 Å². The van der Waals surface area contributed by atoms with Crippen molar-refractivity contribution in [2.24, 2.45) is 0 Å². The lowest BCUT2D eigenvalue weighted by Crippen LogP contribution is -2.05. The molecule has 2 rings (SSSR count). The van der Waals surface area contributed by atoms with Gasteiger partial charge in [0.2, 0.25) is 0 Å². The highest BCUT2D eigenvalue weighted by molar-refractivity contribution is 7.98. The van der Waals surface area contributed by atoms with E-state index < -0.39 is 5.97 Å². The molecule has 64 valence electrons. The molecule has 0 atom stereocenters. The first-order chi connectivity index (χ1) is 5.79. The van der Waals surface area contributed by atoms with Crippen LogP contribution in [-0.2, 0) is 12.2 Å². The number of hydrogen-bond acceptors (Lipinski definition) is 3. The van der Waals surface area contributed by atoms with Crippen molar-refractivity contribution in [3.05, 3.63) is 23.2 Å². The number of carboxylic acid groups (broad SMARTS) is 1. The van der Waals surface area contributed by atoms with Crippen LogP contribution in [0.1, 0.15) is 21.7 Å². The van der Waals surface area contributed by atoms with Gasteiger partial charge in [-0.2, -0.15) is 11.8 Å². The normalized spacial score (nSPS) is 15.7. The molecule has 1 N–H and O–H groups in total. The fourth-order valence-electron chi connectivity index (χ4n) is 1.34. The van der Waals surface area contributed by atoms with Gasteiger partial charge in [0.1, 0.15) is 17.6 Å². The maximum absolute atomic E-state index is 10.7. The van der Waals surface area contributed by atoms with Gasteiger partial charge in [0.25, 0.3) is 0 Å². The van der Waals surface area contributed by atoms with E-state index in [4.69, 9.17) is 9.52 Å². The minimum atomic E-state index is -0.883. The van der Waals surface area contributed by atoms with Crippen molar-refractivity contribution in [3.63, 3.8) is 0 Å². The zero-order chi connectivity index (χ0) is 8.55. The molecule has 0 spiro atoms. The number of fused-ring (bicyclic) bond motifs is 1. The van der Waals surface area contributed by atoms with Crippen LogP contribution in [0.25, 0.3) is 0 Å². The molecule has 0 amide bonds. The first kappa shape index (κ1) is 7.73. The molecule has 0 aromatic carbocycles. The number of aromatic carboxylic acids is 1. The van der Waals surface area contributed by atoms with E-state index in [2.05, 4.69) is 0 Å². The zero-order valence-electron chi connectivity index (χ0n) is 6.37. The van der Waals surface area contributed by atoms with Gasteiger partial charge in [-0.15, -0.1) is 0 Å². The second kappa shape index (κ2) is 2.86. The van der Waals surface area contributed by atoms with Gasteiger partial charge >= 0.3 is 5.97 Å². The minimum absolute atomic E-state index is 0.338. The number of carboxylic acids is 1. The lowest BCUT2D eigenvalue weighted by molar-refractivity contribution is 0.0695. The highest BCUT2D eigenvalue weighted by Gasteiger charge is 2.21. The van der Waals surface area contributed by atoms with Crippen LogP contribution in [-0.4, -0.2) is 16.8 Å². The van der Waals surface area contributed by atoms with E-state index in [0.29, 0.717) is 5.56 Å². The van der Waals surface area contributed by atoms with Gasteiger partial charge in [-0.05, 0) is 12.2 Å². The summed E-state index contributed by atoms with van der Waals surface area (Å²) in [6, 6.07) is 0. The standard InChI is InChI=1S/C8H8O3S/c9-8(10)6-3-11-7-4-12-2-1-5(6)7/h3H,1-2,4H2,(H,9,10). The maximum atomic E-state index is 10.7. The Labute approximate surface area is 73.8 Å². The Bertz CT molecular complexity index is 316. The van der Waals surface area contributed by atoms with Gasteiger partial charge in [0, 0.05) is 5.56 Å². The minimum Gasteiger partial charge on any atom is -0.478 e. The Balaban J connectivity index is 2.44. The average Bonchev–Trinajstić information content (AvgIpc) is 2.47. The molecule has 12 heavy (non-hydrogen) atoms. The molecule has 1 aliphatic heterocycles. The van der Waals surface area contributed by atoms with Gasteiger partial charge in [-0.25, -0.2) is 4.79 Å². The summed E-state index contributed by atoms with van der Waals surface area (Å²) in [4.78, 5) is 10.7. The molecule has 0 unspecified atom stereocenters. The van der Waals surface area contributed by atoms with E-state index >= 15 is 0 Å². The van der Waals surface area contributed by atoms with E-state index in [9.17, 15) is 4.79 Å². The zero-order valence-corrected chi connectivity index (χ0v) is 7.19. The fraction of sp³-hybridized carbons (Fsp3) is 0.375. The summed E-state index contributed by atoms with van der Waals surface area (Å²) < 4.78 is 5.15. The fourth-order valence-corrected chi connectivity index (χ4v) is 2.26. The summed E-state index contributed by atoms with van der Waals surface area (Å²) >= 11 is 1.78. The molecule has 0 bridgehead atoms. The van der Waals surface area contributed by atoms with Crippen molar-refractivity contribution in [2.45, 2.75) is 12.2 Å². The third-order valence-electron chi connectivity index (χ3n) is 1.94. The molecule has 1 aromatic heterocycles. The Morgan fingerprint density at radius 3 is 3.25 bits per heavy atom. The van der Waals surface area contributed by atoms with Crippen LogP contribution >= 0.6 is 11.8 Å². The van der Waals surface area contributed by atoms with Gasteiger partial charge in [-0.1, -0.05) is 0 Å². The second-order valence-electron chi connectivity index (χ2n) is 2.66. The summed E-state index contributed by atoms with van der Waals surface area (Å²) in [6.45, 7) is 0. The molecule has 3 nitrogen and oxygen atoms in total. The van der Waals surface area contributed by atoms with Crippen molar-refractivity contribution < 1.29 is 14.3 Å². The van der Waals surface area contributed by atoms with E-state index in [0.717, 1.165) is 29.3 Å². The second-order valence-corrected chi connectivity index (χ2v) is 3.76. The van der Waals surface area contributed by atoms with Crippen LogP contribution in [0.5, 0.6) is 0 Å². The SMILES string of the molecule is O=C(O)c1coc2c1CCSC2. The molecular formula is C8H8O3S. The predicted molar refractivity (Wildman–Crippen MR) is 45.5 cm³/mol. The smallest absolute Gasteiger partial charge is 0.339 e. The van der Waals surface area contributed by atoms with E-state index in [1.54, 1.807) is 11.8 Å². The Hall–Kier alpha value is -0.900. The summed E-state index contributed by atoms with van der Waals surface area (Å²) in [5.74, 6) is 1.76. The third-order valence-corrected chi connectivity index (χ3v) is 2.90. The van der Waals surface area contributed by atoms with Crippen molar-refractivity contribution in [1.82, 2.24) is 0 Å². The predicted octanol–water partition coefficient (Wildman–Crippen LogP) is 1.77. The van der Waals surface area contributed by atoms with Crippen LogP contribution in [0.4, 0.5) is 0 Å². The van der Waals surface area contributed by atoms with Crippen molar-refractivity contribution in [2.75, 3.05) is 5.75 Å². The lowest BCUT2D eigenvalue weighted by Gasteiger charge is -2.08. The molecule has 0 saturated heterocycles. The summed E-state index contributed by atoms with van der Waals surface area (Å²) in [7, 11) is 0. The largest absolute Gasteiger partial charge is 0.478 e. The number of carbonyl (C=O) groups is 1. The summed E-state index contributed by atoms with van der Waals surface area (Å²) in [5.41, 5.74) is 1.23. The highest BCUT2D eigenvalue weighted by atomic mass is 32.2. The topological polar surface area (TPSA) is 50.4 Å². The number of furan rings is 1. The van der Waals surface area contributed by atoms with Crippen molar-refractivity contribution in [1.29, 1.82) is 0 Å². The van der Waals surface area contributed by atoms with Gasteiger partial charge in [0.15, 0.2) is 0 Å². The van der Waals surface area contributed by atoms with E-state index in [-0.39, 0.29) is 0 Å². The molecule has 1 aromatic rings. The summed E-state index contributed by atoms with van der Waals surface area (Å²) in [6.07, 6.45) is 2.16. The molecule has 4 heteroatoms. The van der Waals surface area contributed by atoms with Gasteiger partial charge in [0.05, 0.1) is 5.75 Å².